The minimum Gasteiger partial charge on any atom is -0.479 e. The van der Waals surface area contributed by atoms with Gasteiger partial charge in [-0.05, 0) is 24.5 Å². The molecule has 0 amide bonds. The molecule has 0 heterocycles. The van der Waals surface area contributed by atoms with Crippen molar-refractivity contribution in [2.75, 3.05) is 0 Å². The normalized spacial score (nSPS) is 14.6. The summed E-state index contributed by atoms with van der Waals surface area (Å²) in [7, 11) is 0. The maximum absolute atomic E-state index is 10.7. The number of hydrogen-bond donors (Lipinski definition) is 2. The van der Waals surface area contributed by atoms with Gasteiger partial charge < -0.3 is 10.2 Å². The minimum atomic E-state index is -1.69. The Morgan fingerprint density at radius 1 is 1.40 bits per heavy atom. The van der Waals surface area contributed by atoms with Crippen LogP contribution >= 0.6 is 0 Å². The second kappa shape index (κ2) is 4.45. The van der Waals surface area contributed by atoms with Crippen LogP contribution in [-0.2, 0) is 17.6 Å². The fourth-order valence-corrected chi connectivity index (χ4v) is 1.43. The zero-order valence-electron chi connectivity index (χ0n) is 9.03. The molecule has 82 valence electrons. The first-order chi connectivity index (χ1) is 6.95. The van der Waals surface area contributed by atoms with E-state index in [2.05, 4.69) is 0 Å². The Bertz CT molecular complexity index is 356. The quantitative estimate of drug-likeness (QED) is 0.790. The molecule has 3 nitrogen and oxygen atoms in total. The van der Waals surface area contributed by atoms with Crippen molar-refractivity contribution in [2.24, 2.45) is 0 Å². The zero-order chi connectivity index (χ0) is 11.5. The van der Waals surface area contributed by atoms with E-state index in [-0.39, 0.29) is 6.42 Å². The summed E-state index contributed by atoms with van der Waals surface area (Å²) in [6, 6.07) is 7.62. The second-order valence-corrected chi connectivity index (χ2v) is 3.93. The summed E-state index contributed by atoms with van der Waals surface area (Å²) in [6.07, 6.45) is 1.04. The molecule has 0 aliphatic rings. The minimum absolute atomic E-state index is 0.135. The van der Waals surface area contributed by atoms with Gasteiger partial charge in [0.25, 0.3) is 0 Å². The summed E-state index contributed by atoms with van der Waals surface area (Å²) in [6.45, 7) is 3.35. The Morgan fingerprint density at radius 3 is 2.53 bits per heavy atom. The van der Waals surface area contributed by atoms with Crippen LogP contribution in [0.15, 0.2) is 24.3 Å². The molecule has 1 unspecified atom stereocenters. The van der Waals surface area contributed by atoms with Crippen molar-refractivity contribution in [1.82, 2.24) is 0 Å². The van der Waals surface area contributed by atoms with E-state index in [0.29, 0.717) is 0 Å². The van der Waals surface area contributed by atoms with Crippen molar-refractivity contribution >= 4 is 5.97 Å². The zero-order valence-corrected chi connectivity index (χ0v) is 9.03. The van der Waals surface area contributed by atoms with E-state index >= 15 is 0 Å². The van der Waals surface area contributed by atoms with Crippen molar-refractivity contribution in [3.8, 4) is 0 Å². The van der Waals surface area contributed by atoms with Crippen LogP contribution < -0.4 is 0 Å². The van der Waals surface area contributed by atoms with Gasteiger partial charge in [0.05, 0.1) is 0 Å². The van der Waals surface area contributed by atoms with E-state index in [1.807, 2.05) is 31.2 Å². The Hall–Kier alpha value is -1.35. The fraction of sp³-hybridized carbons (Fsp3) is 0.417. The molecule has 1 rings (SSSR count). The van der Waals surface area contributed by atoms with Crippen LogP contribution in [-0.4, -0.2) is 21.8 Å². The van der Waals surface area contributed by atoms with E-state index in [4.69, 9.17) is 5.11 Å². The predicted octanol–water partition coefficient (Wildman–Crippen LogP) is 1.63. The first-order valence-corrected chi connectivity index (χ1v) is 4.99. The van der Waals surface area contributed by atoms with Gasteiger partial charge in [-0.25, -0.2) is 4.79 Å². The third-order valence-corrected chi connectivity index (χ3v) is 2.41. The molecule has 0 aliphatic carbocycles. The number of hydrogen-bond acceptors (Lipinski definition) is 2. The van der Waals surface area contributed by atoms with Crippen LogP contribution in [0.2, 0.25) is 0 Å². The highest BCUT2D eigenvalue weighted by Crippen LogP contribution is 2.15. The summed E-state index contributed by atoms with van der Waals surface area (Å²) in [5, 5.41) is 18.4. The molecule has 15 heavy (non-hydrogen) atoms. The smallest absolute Gasteiger partial charge is 0.335 e. The molecule has 0 saturated carbocycles. The SMILES string of the molecule is CCc1cccc(CC(C)(O)C(=O)O)c1. The van der Waals surface area contributed by atoms with E-state index in [9.17, 15) is 9.90 Å². The van der Waals surface area contributed by atoms with Crippen LogP contribution in [0.25, 0.3) is 0 Å². The van der Waals surface area contributed by atoms with Crippen molar-refractivity contribution < 1.29 is 15.0 Å². The van der Waals surface area contributed by atoms with E-state index in [1.165, 1.54) is 6.92 Å². The molecule has 0 aliphatic heterocycles. The fourth-order valence-electron chi connectivity index (χ4n) is 1.43. The van der Waals surface area contributed by atoms with Gasteiger partial charge in [0.2, 0.25) is 0 Å². The number of benzene rings is 1. The van der Waals surface area contributed by atoms with Gasteiger partial charge in [0.15, 0.2) is 5.60 Å². The molecule has 3 heteroatoms. The Labute approximate surface area is 89.4 Å². The summed E-state index contributed by atoms with van der Waals surface area (Å²) < 4.78 is 0. The first-order valence-electron chi connectivity index (χ1n) is 4.99. The van der Waals surface area contributed by atoms with Crippen LogP contribution in [0.1, 0.15) is 25.0 Å². The number of carboxylic acid groups (broad SMARTS) is 1. The highest BCUT2D eigenvalue weighted by molar-refractivity contribution is 5.76. The van der Waals surface area contributed by atoms with Crippen molar-refractivity contribution in [3.05, 3.63) is 35.4 Å². The molecule has 0 saturated heterocycles. The third-order valence-electron chi connectivity index (χ3n) is 2.41. The van der Waals surface area contributed by atoms with Crippen LogP contribution in [0, 0.1) is 0 Å². The highest BCUT2D eigenvalue weighted by Gasteiger charge is 2.29. The van der Waals surface area contributed by atoms with E-state index in [0.717, 1.165) is 17.5 Å². The van der Waals surface area contributed by atoms with Gasteiger partial charge in [-0.3, -0.25) is 0 Å². The molecular formula is C12H16O3. The predicted molar refractivity (Wildman–Crippen MR) is 57.8 cm³/mol. The average molecular weight is 208 g/mol. The first kappa shape index (κ1) is 11.7. The molecule has 1 atom stereocenters. The monoisotopic (exact) mass is 208 g/mol. The number of rotatable bonds is 4. The molecule has 1 aromatic carbocycles. The Balaban J connectivity index is 2.85. The van der Waals surface area contributed by atoms with Crippen LogP contribution in [0.4, 0.5) is 0 Å². The largest absolute Gasteiger partial charge is 0.479 e. The van der Waals surface area contributed by atoms with Gasteiger partial charge in [-0.2, -0.15) is 0 Å². The van der Waals surface area contributed by atoms with Crippen molar-refractivity contribution in [3.63, 3.8) is 0 Å². The van der Waals surface area contributed by atoms with Gasteiger partial charge >= 0.3 is 5.97 Å². The van der Waals surface area contributed by atoms with Gasteiger partial charge in [0, 0.05) is 6.42 Å². The Kier molecular flexibility index (Phi) is 3.48. The molecule has 0 radical (unpaired) electrons. The lowest BCUT2D eigenvalue weighted by Gasteiger charge is -2.17. The number of carboxylic acids is 1. The van der Waals surface area contributed by atoms with Gasteiger partial charge in [-0.15, -0.1) is 0 Å². The third kappa shape index (κ3) is 3.06. The molecule has 0 aromatic heterocycles. The number of carbonyl (C=O) groups is 1. The van der Waals surface area contributed by atoms with Crippen LogP contribution in [0.3, 0.4) is 0 Å². The van der Waals surface area contributed by atoms with Crippen molar-refractivity contribution in [1.29, 1.82) is 0 Å². The molecule has 0 spiro atoms. The van der Waals surface area contributed by atoms with E-state index < -0.39 is 11.6 Å². The summed E-state index contributed by atoms with van der Waals surface area (Å²) >= 11 is 0. The topological polar surface area (TPSA) is 57.5 Å². The number of aliphatic carboxylic acids is 1. The number of aliphatic hydroxyl groups is 1. The molecule has 0 bridgehead atoms. The highest BCUT2D eigenvalue weighted by atomic mass is 16.4. The summed E-state index contributed by atoms with van der Waals surface area (Å²) in [5.74, 6) is -1.19. The van der Waals surface area contributed by atoms with E-state index in [1.54, 1.807) is 0 Å². The molecule has 0 fully saturated rings. The second-order valence-electron chi connectivity index (χ2n) is 3.93. The van der Waals surface area contributed by atoms with Crippen molar-refractivity contribution in [2.45, 2.75) is 32.3 Å². The molecular weight excluding hydrogens is 192 g/mol. The molecule has 1 aromatic rings. The Morgan fingerprint density at radius 2 is 2.00 bits per heavy atom. The summed E-state index contributed by atoms with van der Waals surface area (Å²) in [5.41, 5.74) is 0.308. The lowest BCUT2D eigenvalue weighted by Crippen LogP contribution is -2.37. The van der Waals surface area contributed by atoms with Crippen LogP contribution in [0.5, 0.6) is 0 Å². The maximum Gasteiger partial charge on any atom is 0.335 e. The van der Waals surface area contributed by atoms with Gasteiger partial charge in [0.1, 0.15) is 0 Å². The lowest BCUT2D eigenvalue weighted by atomic mass is 9.95. The average Bonchev–Trinajstić information content (AvgIpc) is 2.17. The standard InChI is InChI=1S/C12H16O3/c1-3-9-5-4-6-10(7-9)8-12(2,15)11(13)14/h4-7,15H,3,8H2,1-2H3,(H,13,14). The van der Waals surface area contributed by atoms with Gasteiger partial charge in [-0.1, -0.05) is 31.2 Å². The number of aryl methyl sites for hydroxylation is 1. The summed E-state index contributed by atoms with van der Waals surface area (Å²) in [4.78, 5) is 10.7. The maximum atomic E-state index is 10.7. The molecule has 2 N–H and O–H groups in total. The lowest BCUT2D eigenvalue weighted by molar-refractivity contribution is -0.156.